The van der Waals surface area contributed by atoms with Crippen molar-refractivity contribution in [3.63, 3.8) is 0 Å². The quantitative estimate of drug-likeness (QED) is 0.243. The van der Waals surface area contributed by atoms with Gasteiger partial charge in [-0.3, -0.25) is 4.79 Å². The Morgan fingerprint density at radius 2 is 1.42 bits per heavy atom. The minimum absolute atomic E-state index is 0.0405. The highest BCUT2D eigenvalue weighted by molar-refractivity contribution is 7.89. The minimum atomic E-state index is -4.05. The van der Waals surface area contributed by atoms with Gasteiger partial charge in [0.1, 0.15) is 30.0 Å². The predicted molar refractivity (Wildman–Crippen MR) is 103 cm³/mol. The molecule has 26 heavy (non-hydrogen) atoms. The molecule has 0 radical (unpaired) electrons. The van der Waals surface area contributed by atoms with Gasteiger partial charge in [0.25, 0.3) is 0 Å². The number of hydrogen-bond donors (Lipinski definition) is 0. The number of esters is 1. The van der Waals surface area contributed by atoms with Crippen molar-refractivity contribution in [1.82, 2.24) is 4.31 Å². The lowest BCUT2D eigenvalue weighted by atomic mass is 10.6. The molecule has 0 rings (SSSR count). The molecule has 0 aromatic heterocycles. The topological polar surface area (TPSA) is 141 Å². The second-order valence-corrected chi connectivity index (χ2v) is 9.07. The Hall–Kier alpha value is -0.620. The van der Waals surface area contributed by atoms with Crippen LogP contribution in [0.2, 0.25) is 0 Å². The number of rotatable bonds is 12. The number of hydrogen-bond acceptors (Lipinski definition) is 10. The standard InChI is InChI=1S/C10H19N3O8P4S/c1-2-19-8(14)7-26(17,18)13(3-5-20-9(15)24-11-22)4-6-21-10(16)25-12-23/h2-7,22-23H2,1H3. The molecule has 0 bridgehead atoms. The smallest absolute Gasteiger partial charge is 0.375 e. The van der Waals surface area contributed by atoms with Crippen molar-refractivity contribution in [3.05, 3.63) is 0 Å². The molecule has 0 amide bonds. The highest BCUT2D eigenvalue weighted by Crippen LogP contribution is 2.11. The van der Waals surface area contributed by atoms with Crippen LogP contribution in [0, 0.1) is 0 Å². The van der Waals surface area contributed by atoms with E-state index in [1.807, 2.05) is 18.8 Å². The summed E-state index contributed by atoms with van der Waals surface area (Å²) in [5.74, 6) is -1.78. The van der Waals surface area contributed by atoms with Gasteiger partial charge in [0, 0.05) is 13.1 Å². The predicted octanol–water partition coefficient (Wildman–Crippen LogP) is 2.29. The normalized spacial score (nSPS) is 11.8. The van der Waals surface area contributed by atoms with Crippen LogP contribution in [0.15, 0.2) is 9.03 Å². The molecule has 11 nitrogen and oxygen atoms in total. The molecule has 148 valence electrons. The van der Waals surface area contributed by atoms with E-state index in [2.05, 4.69) is 13.8 Å². The number of sulfonamides is 1. The first-order valence-corrected chi connectivity index (χ1v) is 11.3. The van der Waals surface area contributed by atoms with Crippen LogP contribution in [0.1, 0.15) is 6.92 Å². The minimum Gasteiger partial charge on any atom is -0.465 e. The fourth-order valence-corrected chi connectivity index (χ4v) is 3.78. The van der Waals surface area contributed by atoms with Crippen LogP contribution < -0.4 is 0 Å². The molecule has 0 aromatic rings. The molecule has 0 aliphatic carbocycles. The largest absolute Gasteiger partial charge is 0.465 e. The summed E-state index contributed by atoms with van der Waals surface area (Å²) in [5.41, 5.74) is -1.31. The zero-order valence-corrected chi connectivity index (χ0v) is 18.7. The number of ether oxygens (including phenoxy) is 3. The summed E-state index contributed by atoms with van der Waals surface area (Å²) in [6, 6.07) is 0. The summed E-state index contributed by atoms with van der Waals surface area (Å²) in [7, 11) is 0.0468. The van der Waals surface area contributed by atoms with Crippen molar-refractivity contribution in [3.8, 4) is 0 Å². The number of carbonyl (C=O) groups is 3. The maximum absolute atomic E-state index is 12.3. The van der Waals surface area contributed by atoms with Crippen LogP contribution in [0.25, 0.3) is 0 Å². The van der Waals surface area contributed by atoms with Crippen molar-refractivity contribution in [2.45, 2.75) is 6.92 Å². The Labute approximate surface area is 159 Å². The first-order chi connectivity index (χ1) is 12.3. The van der Waals surface area contributed by atoms with E-state index in [0.29, 0.717) is 0 Å². The van der Waals surface area contributed by atoms with Crippen LogP contribution in [-0.2, 0) is 29.0 Å². The van der Waals surface area contributed by atoms with E-state index in [1.165, 1.54) is 0 Å². The van der Waals surface area contributed by atoms with Gasteiger partial charge in [-0.1, -0.05) is 0 Å². The lowest BCUT2D eigenvalue weighted by Crippen LogP contribution is -2.40. The molecule has 0 aromatic carbocycles. The number of carbonyl (C=O) groups excluding carboxylic acids is 3. The summed E-state index contributed by atoms with van der Waals surface area (Å²) in [6.07, 6.45) is 0. The Morgan fingerprint density at radius 1 is 0.962 bits per heavy atom. The van der Waals surface area contributed by atoms with E-state index in [1.54, 1.807) is 6.92 Å². The van der Waals surface area contributed by atoms with E-state index in [9.17, 15) is 22.8 Å². The Bertz CT molecular complexity index is 612. The monoisotopic (exact) mass is 465 g/mol. The number of nitrogens with zero attached hydrogens (tertiary/aromatic N) is 3. The molecule has 2 atom stereocenters. The molecule has 0 aliphatic heterocycles. The summed E-state index contributed by atoms with van der Waals surface area (Å²) >= 11 is 0. The fraction of sp³-hybridized carbons (Fsp3) is 0.700. The van der Waals surface area contributed by atoms with Gasteiger partial charge in [-0.15, -0.1) is 0 Å². The van der Waals surface area contributed by atoms with Gasteiger partial charge in [0.05, 0.1) is 6.61 Å². The van der Waals surface area contributed by atoms with Crippen molar-refractivity contribution in [2.75, 3.05) is 38.7 Å². The first-order valence-electron chi connectivity index (χ1n) is 6.95. The van der Waals surface area contributed by atoms with E-state index >= 15 is 0 Å². The van der Waals surface area contributed by atoms with E-state index in [-0.39, 0.29) is 49.7 Å². The molecular weight excluding hydrogens is 446 g/mol. The van der Waals surface area contributed by atoms with Gasteiger partial charge in [0.2, 0.25) is 10.0 Å². The molecule has 16 heteroatoms. The van der Waals surface area contributed by atoms with Gasteiger partial charge >= 0.3 is 17.4 Å². The Morgan fingerprint density at radius 3 is 1.81 bits per heavy atom. The van der Waals surface area contributed by atoms with Gasteiger partial charge in [-0.2, -0.15) is 4.31 Å². The molecule has 0 saturated carbocycles. The Balaban J connectivity index is 4.87. The average molecular weight is 465 g/mol. The maximum Gasteiger partial charge on any atom is 0.375 e. The van der Waals surface area contributed by atoms with Crippen LogP contribution in [0.4, 0.5) is 9.59 Å². The third-order valence-corrected chi connectivity index (χ3v) is 5.67. The third kappa shape index (κ3) is 11.9. The Kier molecular flexibility index (Phi) is 14.1. The van der Waals surface area contributed by atoms with Crippen LogP contribution in [-0.4, -0.2) is 68.8 Å². The second kappa shape index (κ2) is 14.4. The van der Waals surface area contributed by atoms with Crippen molar-refractivity contribution >= 4 is 62.9 Å². The van der Waals surface area contributed by atoms with Crippen LogP contribution >= 0.6 is 35.5 Å². The van der Waals surface area contributed by atoms with Crippen LogP contribution in [0.3, 0.4) is 0 Å². The average Bonchev–Trinajstić information content (AvgIpc) is 2.53. The van der Waals surface area contributed by atoms with Crippen molar-refractivity contribution < 1.29 is 37.0 Å². The first kappa shape index (κ1) is 25.4. The summed E-state index contributed by atoms with van der Waals surface area (Å²) in [5, 5.41) is 0. The molecule has 0 N–H and O–H groups in total. The van der Waals surface area contributed by atoms with Gasteiger partial charge in [0.15, 0.2) is 5.75 Å². The third-order valence-electron chi connectivity index (χ3n) is 2.41. The maximum atomic E-state index is 12.3. The zero-order valence-electron chi connectivity index (χ0n) is 13.8. The molecule has 2 unspecified atom stereocenters. The molecular formula is C10H19N3O8P4S. The van der Waals surface area contributed by atoms with E-state index in [4.69, 9.17) is 9.47 Å². The molecule has 0 heterocycles. The van der Waals surface area contributed by atoms with Gasteiger partial charge < -0.3 is 14.2 Å². The molecule has 0 fully saturated rings. The van der Waals surface area contributed by atoms with Crippen LogP contribution in [0.5, 0.6) is 0 Å². The van der Waals surface area contributed by atoms with E-state index < -0.39 is 33.2 Å². The highest BCUT2D eigenvalue weighted by atomic mass is 32.2. The van der Waals surface area contributed by atoms with Gasteiger partial charge in [-0.05, 0) is 25.7 Å². The lowest BCUT2D eigenvalue weighted by Gasteiger charge is -2.21. The molecule has 0 saturated heterocycles. The summed E-state index contributed by atoms with van der Waals surface area (Å²) in [6.45, 7) is 0.654. The van der Waals surface area contributed by atoms with Crippen molar-refractivity contribution in [1.29, 1.82) is 0 Å². The SMILES string of the molecule is CCOC(=O)CS(=O)(=O)N(CCOC(=O)P=NP)CCOC(=O)P=NP. The van der Waals surface area contributed by atoms with Gasteiger partial charge in [-0.25, -0.2) is 27.0 Å². The molecule has 0 spiro atoms. The summed E-state index contributed by atoms with van der Waals surface area (Å²) < 4.78 is 46.7. The second-order valence-electron chi connectivity index (χ2n) is 4.12. The van der Waals surface area contributed by atoms with E-state index in [0.717, 1.165) is 4.31 Å². The zero-order chi connectivity index (χ0) is 20.0. The lowest BCUT2D eigenvalue weighted by molar-refractivity contribution is -0.140. The summed E-state index contributed by atoms with van der Waals surface area (Å²) in [4.78, 5) is 34.0. The highest BCUT2D eigenvalue weighted by Gasteiger charge is 2.26. The molecule has 0 aliphatic rings. The van der Waals surface area contributed by atoms with Crippen molar-refractivity contribution in [2.24, 2.45) is 9.03 Å². The fourth-order valence-electron chi connectivity index (χ4n) is 1.45.